The smallest absolute Gasteiger partial charge is 0.202 e. The molecule has 0 atom stereocenters. The molecule has 0 saturated heterocycles. The van der Waals surface area contributed by atoms with Gasteiger partial charge in [0.05, 0.1) is 0 Å². The van der Waals surface area contributed by atoms with Crippen LogP contribution in [0, 0.1) is 0 Å². The number of aromatic nitrogens is 2. The van der Waals surface area contributed by atoms with Crippen molar-refractivity contribution in [3.05, 3.63) is 5.82 Å². The van der Waals surface area contributed by atoms with Crippen LogP contribution in [0.15, 0.2) is 0 Å². The summed E-state index contributed by atoms with van der Waals surface area (Å²) in [6, 6.07) is 0.396. The topological polar surface area (TPSA) is 47.0 Å². The van der Waals surface area contributed by atoms with Crippen molar-refractivity contribution >= 4 is 16.7 Å². The summed E-state index contributed by atoms with van der Waals surface area (Å²) in [5.74, 6) is 0.759. The minimum Gasteiger partial charge on any atom is -0.374 e. The van der Waals surface area contributed by atoms with Crippen LogP contribution in [-0.2, 0) is 11.3 Å². The van der Waals surface area contributed by atoms with Gasteiger partial charge in [0.2, 0.25) is 5.13 Å². The third-order valence-corrected chi connectivity index (χ3v) is 2.00. The van der Waals surface area contributed by atoms with E-state index < -0.39 is 0 Å². The Morgan fingerprint density at radius 2 is 2.31 bits per heavy atom. The normalized spacial score (nSPS) is 10.8. The number of hydrogen-bond acceptors (Lipinski definition) is 5. The highest BCUT2D eigenvalue weighted by Gasteiger charge is 2.03. The van der Waals surface area contributed by atoms with Crippen molar-refractivity contribution in [3.8, 4) is 0 Å². The Labute approximate surface area is 82.5 Å². The molecule has 74 valence electrons. The average molecular weight is 201 g/mol. The first-order valence-electron chi connectivity index (χ1n) is 4.39. The molecule has 1 N–H and O–H groups in total. The molecular formula is C8H15N3OS. The molecule has 0 fully saturated rings. The highest BCUT2D eigenvalue weighted by molar-refractivity contribution is 7.09. The first-order valence-corrected chi connectivity index (χ1v) is 5.16. The summed E-state index contributed by atoms with van der Waals surface area (Å²) >= 11 is 1.38. The summed E-state index contributed by atoms with van der Waals surface area (Å²) in [6.45, 7) is 7.31. The largest absolute Gasteiger partial charge is 0.374 e. The second-order valence-corrected chi connectivity index (χ2v) is 3.70. The Balaban J connectivity index is 2.44. The van der Waals surface area contributed by atoms with Crippen molar-refractivity contribution < 1.29 is 4.74 Å². The molecule has 0 bridgehead atoms. The molecule has 5 heteroatoms. The summed E-state index contributed by atoms with van der Waals surface area (Å²) < 4.78 is 9.34. The number of rotatable bonds is 5. The van der Waals surface area contributed by atoms with Crippen LogP contribution in [0.3, 0.4) is 0 Å². The van der Waals surface area contributed by atoms with E-state index in [0.29, 0.717) is 19.3 Å². The number of nitrogens with zero attached hydrogens (tertiary/aromatic N) is 2. The molecule has 0 aliphatic rings. The molecule has 0 radical (unpaired) electrons. The average Bonchev–Trinajstić information content (AvgIpc) is 2.48. The predicted molar refractivity (Wildman–Crippen MR) is 54.0 cm³/mol. The summed E-state index contributed by atoms with van der Waals surface area (Å²) in [6.07, 6.45) is 0. The molecule has 1 aromatic heterocycles. The van der Waals surface area contributed by atoms with Gasteiger partial charge in [-0.2, -0.15) is 4.37 Å². The molecule has 0 saturated carbocycles. The van der Waals surface area contributed by atoms with Crippen LogP contribution in [0.5, 0.6) is 0 Å². The molecular weight excluding hydrogens is 186 g/mol. The van der Waals surface area contributed by atoms with Gasteiger partial charge in [0.25, 0.3) is 0 Å². The maximum absolute atomic E-state index is 5.19. The van der Waals surface area contributed by atoms with E-state index in [0.717, 1.165) is 11.0 Å². The van der Waals surface area contributed by atoms with E-state index in [9.17, 15) is 0 Å². The second-order valence-electron chi connectivity index (χ2n) is 2.95. The minimum absolute atomic E-state index is 0.396. The molecule has 1 heterocycles. The lowest BCUT2D eigenvalue weighted by molar-refractivity contribution is 0.129. The maximum atomic E-state index is 5.19. The van der Waals surface area contributed by atoms with Gasteiger partial charge >= 0.3 is 0 Å². The Morgan fingerprint density at radius 3 is 2.92 bits per heavy atom. The van der Waals surface area contributed by atoms with Crippen molar-refractivity contribution in [2.45, 2.75) is 33.4 Å². The van der Waals surface area contributed by atoms with Crippen LogP contribution in [0.25, 0.3) is 0 Å². The maximum Gasteiger partial charge on any atom is 0.202 e. The molecule has 1 aromatic rings. The fraction of sp³-hybridized carbons (Fsp3) is 0.750. The Bertz CT molecular complexity index is 249. The fourth-order valence-electron chi connectivity index (χ4n) is 0.812. The van der Waals surface area contributed by atoms with Gasteiger partial charge in [0.1, 0.15) is 6.61 Å². The molecule has 0 aliphatic carbocycles. The van der Waals surface area contributed by atoms with Crippen LogP contribution < -0.4 is 5.32 Å². The first-order chi connectivity index (χ1) is 6.22. The predicted octanol–water partition coefficient (Wildman–Crippen LogP) is 1.89. The van der Waals surface area contributed by atoms with Crippen molar-refractivity contribution in [2.75, 3.05) is 11.9 Å². The minimum atomic E-state index is 0.396. The molecule has 13 heavy (non-hydrogen) atoms. The molecule has 0 spiro atoms. The monoisotopic (exact) mass is 201 g/mol. The zero-order valence-corrected chi connectivity index (χ0v) is 9.02. The quantitative estimate of drug-likeness (QED) is 0.790. The fourth-order valence-corrected chi connectivity index (χ4v) is 1.53. The van der Waals surface area contributed by atoms with Gasteiger partial charge in [-0.3, -0.25) is 0 Å². The number of anilines is 1. The first kappa shape index (κ1) is 10.4. The number of ether oxygens (including phenoxy) is 1. The lowest BCUT2D eigenvalue weighted by Crippen LogP contribution is -2.09. The number of nitrogens with one attached hydrogen (secondary N) is 1. The summed E-state index contributed by atoms with van der Waals surface area (Å²) in [7, 11) is 0. The molecule has 0 aromatic carbocycles. The molecule has 0 unspecified atom stereocenters. The lowest BCUT2D eigenvalue weighted by atomic mass is 10.4. The second kappa shape index (κ2) is 5.14. The molecule has 0 amide bonds. The van der Waals surface area contributed by atoms with Gasteiger partial charge < -0.3 is 10.1 Å². The molecule has 4 nitrogen and oxygen atoms in total. The summed E-state index contributed by atoms with van der Waals surface area (Å²) in [5.41, 5.74) is 0. The van der Waals surface area contributed by atoms with Gasteiger partial charge in [-0.1, -0.05) is 0 Å². The summed E-state index contributed by atoms with van der Waals surface area (Å²) in [5, 5.41) is 4.06. The SMILES string of the molecule is CCOCc1nsc(NC(C)C)n1. The highest BCUT2D eigenvalue weighted by atomic mass is 32.1. The van der Waals surface area contributed by atoms with Gasteiger partial charge in [-0.05, 0) is 20.8 Å². The van der Waals surface area contributed by atoms with E-state index in [1.165, 1.54) is 11.5 Å². The molecule has 0 aliphatic heterocycles. The highest BCUT2D eigenvalue weighted by Crippen LogP contribution is 2.12. The van der Waals surface area contributed by atoms with E-state index in [-0.39, 0.29) is 0 Å². The van der Waals surface area contributed by atoms with E-state index in [4.69, 9.17) is 4.74 Å². The van der Waals surface area contributed by atoms with Crippen LogP contribution in [0.4, 0.5) is 5.13 Å². The molecule has 1 rings (SSSR count). The Hall–Kier alpha value is -0.680. The Morgan fingerprint density at radius 1 is 1.54 bits per heavy atom. The van der Waals surface area contributed by atoms with Crippen molar-refractivity contribution in [1.29, 1.82) is 0 Å². The van der Waals surface area contributed by atoms with Gasteiger partial charge in [0.15, 0.2) is 5.82 Å². The van der Waals surface area contributed by atoms with Crippen LogP contribution in [0.1, 0.15) is 26.6 Å². The lowest BCUT2D eigenvalue weighted by Gasteiger charge is -2.03. The third-order valence-electron chi connectivity index (χ3n) is 1.32. The number of hydrogen-bond donors (Lipinski definition) is 1. The van der Waals surface area contributed by atoms with Crippen LogP contribution >= 0.6 is 11.5 Å². The van der Waals surface area contributed by atoms with Crippen molar-refractivity contribution in [1.82, 2.24) is 9.36 Å². The van der Waals surface area contributed by atoms with Gasteiger partial charge in [0, 0.05) is 24.2 Å². The van der Waals surface area contributed by atoms with E-state index in [2.05, 4.69) is 28.5 Å². The van der Waals surface area contributed by atoms with E-state index in [1.54, 1.807) is 0 Å². The zero-order chi connectivity index (χ0) is 9.68. The summed E-state index contributed by atoms with van der Waals surface area (Å²) in [4.78, 5) is 4.26. The Kier molecular flexibility index (Phi) is 4.11. The van der Waals surface area contributed by atoms with Crippen LogP contribution in [-0.4, -0.2) is 22.0 Å². The van der Waals surface area contributed by atoms with Crippen molar-refractivity contribution in [2.24, 2.45) is 0 Å². The van der Waals surface area contributed by atoms with Crippen LogP contribution in [0.2, 0.25) is 0 Å². The van der Waals surface area contributed by atoms with Gasteiger partial charge in [-0.25, -0.2) is 4.98 Å². The third kappa shape index (κ3) is 3.69. The van der Waals surface area contributed by atoms with E-state index in [1.807, 2.05) is 6.92 Å². The zero-order valence-electron chi connectivity index (χ0n) is 8.20. The standard InChI is InChI=1S/C8H15N3OS/c1-4-12-5-7-10-8(13-11-7)9-6(2)3/h6H,4-5H2,1-3H3,(H,9,10,11). The van der Waals surface area contributed by atoms with Crippen molar-refractivity contribution in [3.63, 3.8) is 0 Å². The van der Waals surface area contributed by atoms with E-state index >= 15 is 0 Å². The van der Waals surface area contributed by atoms with Gasteiger partial charge in [-0.15, -0.1) is 0 Å².